The highest BCUT2D eigenvalue weighted by Gasteiger charge is 2.16. The fraction of sp³-hybridized carbons (Fsp3) is 0.318. The largest absolute Gasteiger partial charge is 0.495 e. The maximum atomic E-state index is 12.4. The van der Waals surface area contributed by atoms with E-state index in [2.05, 4.69) is 5.32 Å². The summed E-state index contributed by atoms with van der Waals surface area (Å²) >= 11 is 5.91. The van der Waals surface area contributed by atoms with Crippen LogP contribution in [0.3, 0.4) is 0 Å². The third-order valence-electron chi connectivity index (χ3n) is 4.43. The van der Waals surface area contributed by atoms with E-state index < -0.39 is 18.5 Å². The Morgan fingerprint density at radius 1 is 1.03 bits per heavy atom. The number of carbonyl (C=O) groups is 3. The molecule has 164 valence electrons. The highest BCUT2D eigenvalue weighted by Crippen LogP contribution is 2.31. The number of anilines is 1. The summed E-state index contributed by atoms with van der Waals surface area (Å²) in [5, 5.41) is 2.98. The van der Waals surface area contributed by atoms with Crippen LogP contribution in [0.4, 0.5) is 5.69 Å². The Morgan fingerprint density at radius 3 is 2.58 bits per heavy atom. The van der Waals surface area contributed by atoms with Gasteiger partial charge in [0, 0.05) is 23.4 Å². The maximum absolute atomic E-state index is 12.4. The van der Waals surface area contributed by atoms with Crippen molar-refractivity contribution >= 4 is 34.9 Å². The van der Waals surface area contributed by atoms with Crippen molar-refractivity contribution in [1.82, 2.24) is 0 Å². The Labute approximate surface area is 184 Å². The van der Waals surface area contributed by atoms with Gasteiger partial charge in [-0.3, -0.25) is 14.4 Å². The van der Waals surface area contributed by atoms with Crippen molar-refractivity contribution in [3.63, 3.8) is 0 Å². The molecular weight excluding hydrogens is 426 g/mol. The molecule has 0 unspecified atom stereocenters. The average molecular weight is 448 g/mol. The van der Waals surface area contributed by atoms with Gasteiger partial charge in [-0.2, -0.15) is 0 Å². The minimum Gasteiger partial charge on any atom is -0.495 e. The van der Waals surface area contributed by atoms with E-state index in [4.69, 9.17) is 30.5 Å². The van der Waals surface area contributed by atoms with Crippen molar-refractivity contribution in [2.24, 2.45) is 0 Å². The second-order valence-corrected chi connectivity index (χ2v) is 7.13. The van der Waals surface area contributed by atoms with Crippen LogP contribution in [0.25, 0.3) is 0 Å². The molecule has 0 saturated heterocycles. The molecule has 0 spiro atoms. The van der Waals surface area contributed by atoms with Gasteiger partial charge in [0.1, 0.15) is 5.75 Å². The predicted octanol–water partition coefficient (Wildman–Crippen LogP) is 3.65. The van der Waals surface area contributed by atoms with E-state index >= 15 is 0 Å². The first-order valence-corrected chi connectivity index (χ1v) is 10.1. The zero-order valence-electron chi connectivity index (χ0n) is 16.9. The number of ether oxygens (including phenoxy) is 4. The second kappa shape index (κ2) is 10.7. The van der Waals surface area contributed by atoms with Crippen LogP contribution in [0.5, 0.6) is 17.2 Å². The van der Waals surface area contributed by atoms with E-state index in [0.717, 1.165) is 6.42 Å². The van der Waals surface area contributed by atoms with E-state index in [1.54, 1.807) is 30.3 Å². The Balaban J connectivity index is 1.46. The third-order valence-corrected chi connectivity index (χ3v) is 4.66. The maximum Gasteiger partial charge on any atom is 0.306 e. The Hall–Kier alpha value is -3.26. The lowest BCUT2D eigenvalue weighted by atomic mass is 10.1. The first-order valence-electron chi connectivity index (χ1n) is 9.68. The fourth-order valence-electron chi connectivity index (χ4n) is 2.88. The lowest BCUT2D eigenvalue weighted by molar-refractivity contribution is -0.147. The highest BCUT2D eigenvalue weighted by atomic mass is 35.5. The highest BCUT2D eigenvalue weighted by molar-refractivity contribution is 6.31. The second-order valence-electron chi connectivity index (χ2n) is 6.69. The Kier molecular flexibility index (Phi) is 7.72. The molecule has 1 heterocycles. The van der Waals surface area contributed by atoms with Crippen LogP contribution in [-0.4, -0.2) is 44.6 Å². The fourth-order valence-corrected chi connectivity index (χ4v) is 3.05. The van der Waals surface area contributed by atoms with Crippen LogP contribution in [0.15, 0.2) is 36.4 Å². The number of carbonyl (C=O) groups excluding carboxylic acids is 3. The van der Waals surface area contributed by atoms with Gasteiger partial charge in [-0.05, 0) is 36.4 Å². The first kappa shape index (κ1) is 22.4. The van der Waals surface area contributed by atoms with Crippen molar-refractivity contribution < 1.29 is 33.3 Å². The van der Waals surface area contributed by atoms with Gasteiger partial charge in [0.25, 0.3) is 5.91 Å². The molecule has 1 aliphatic rings. The van der Waals surface area contributed by atoms with Crippen LogP contribution in [0.1, 0.15) is 29.6 Å². The van der Waals surface area contributed by atoms with Crippen LogP contribution in [-0.2, 0) is 14.3 Å². The monoisotopic (exact) mass is 447 g/mol. The molecule has 3 rings (SSSR count). The summed E-state index contributed by atoms with van der Waals surface area (Å²) in [4.78, 5) is 36.4. The summed E-state index contributed by atoms with van der Waals surface area (Å²) in [6.07, 6.45) is 0.560. The van der Waals surface area contributed by atoms with Crippen LogP contribution in [0.2, 0.25) is 5.02 Å². The summed E-state index contributed by atoms with van der Waals surface area (Å²) in [7, 11) is 1.46. The van der Waals surface area contributed by atoms with Gasteiger partial charge >= 0.3 is 5.97 Å². The zero-order chi connectivity index (χ0) is 22.2. The van der Waals surface area contributed by atoms with Crippen LogP contribution >= 0.6 is 11.6 Å². The Morgan fingerprint density at radius 2 is 1.81 bits per heavy atom. The van der Waals surface area contributed by atoms with Crippen molar-refractivity contribution in [3.8, 4) is 17.2 Å². The Bertz CT molecular complexity index is 976. The van der Waals surface area contributed by atoms with Crippen molar-refractivity contribution in [1.29, 1.82) is 0 Å². The molecule has 0 bridgehead atoms. The van der Waals surface area contributed by atoms with E-state index in [1.165, 1.54) is 13.2 Å². The minimum atomic E-state index is -0.657. The number of fused-ring (bicyclic) bond motifs is 1. The van der Waals surface area contributed by atoms with Gasteiger partial charge in [-0.15, -0.1) is 0 Å². The molecule has 0 aromatic heterocycles. The zero-order valence-corrected chi connectivity index (χ0v) is 17.7. The van der Waals surface area contributed by atoms with E-state index in [9.17, 15) is 14.4 Å². The van der Waals surface area contributed by atoms with Gasteiger partial charge in [0.2, 0.25) is 0 Å². The van der Waals surface area contributed by atoms with Gasteiger partial charge in [0.15, 0.2) is 23.9 Å². The summed E-state index contributed by atoms with van der Waals surface area (Å²) in [5.74, 6) is 0.0828. The van der Waals surface area contributed by atoms with Crippen molar-refractivity contribution in [2.45, 2.75) is 19.3 Å². The van der Waals surface area contributed by atoms with Gasteiger partial charge in [-0.1, -0.05) is 11.6 Å². The summed E-state index contributed by atoms with van der Waals surface area (Å²) in [6, 6.07) is 9.67. The molecule has 0 aliphatic carbocycles. The molecule has 31 heavy (non-hydrogen) atoms. The molecule has 0 fully saturated rings. The molecule has 0 atom stereocenters. The number of Topliss-reactive ketones (excluding diaryl/α,β-unsaturated/α-hetero) is 1. The number of benzene rings is 2. The average Bonchev–Trinajstić information content (AvgIpc) is 3.01. The third kappa shape index (κ3) is 6.36. The quantitative estimate of drug-likeness (QED) is 0.487. The molecule has 2 aromatic rings. The SMILES string of the molecule is COc1ccc(Cl)cc1NC(=O)COC(=O)CCC(=O)c1ccc2c(c1)OCCCO2. The lowest BCUT2D eigenvalue weighted by Crippen LogP contribution is -2.21. The summed E-state index contributed by atoms with van der Waals surface area (Å²) in [6.45, 7) is 0.580. The number of methoxy groups -OCH3 is 1. The lowest BCUT2D eigenvalue weighted by Gasteiger charge is -2.11. The molecule has 8 nitrogen and oxygen atoms in total. The standard InChI is InChI=1S/C22H22ClNO7/c1-28-18-7-4-15(23)12-16(18)24-21(26)13-31-22(27)8-5-17(25)14-3-6-19-20(11-14)30-10-2-9-29-19/h3-4,6-7,11-12H,2,5,8-10,13H2,1H3,(H,24,26). The number of halogens is 1. The number of esters is 1. The topological polar surface area (TPSA) is 100 Å². The molecule has 1 amide bonds. The van der Waals surface area contributed by atoms with E-state index in [0.29, 0.717) is 46.7 Å². The minimum absolute atomic E-state index is 0.0534. The normalized spacial score (nSPS) is 12.5. The summed E-state index contributed by atoms with van der Waals surface area (Å²) in [5.41, 5.74) is 0.781. The van der Waals surface area contributed by atoms with Crippen molar-refractivity contribution in [3.05, 3.63) is 47.0 Å². The van der Waals surface area contributed by atoms with Crippen LogP contribution < -0.4 is 19.5 Å². The molecule has 9 heteroatoms. The molecule has 0 saturated carbocycles. The van der Waals surface area contributed by atoms with E-state index in [1.807, 2.05) is 0 Å². The molecule has 1 N–H and O–H groups in total. The number of hydrogen-bond donors (Lipinski definition) is 1. The van der Waals surface area contributed by atoms with Crippen LogP contribution in [0, 0.1) is 0 Å². The molecule has 1 aliphatic heterocycles. The van der Waals surface area contributed by atoms with Crippen molar-refractivity contribution in [2.75, 3.05) is 32.2 Å². The van der Waals surface area contributed by atoms with E-state index in [-0.39, 0.29) is 18.6 Å². The number of nitrogens with one attached hydrogen (secondary N) is 1. The number of ketones is 1. The summed E-state index contributed by atoms with van der Waals surface area (Å²) < 4.78 is 21.2. The van der Waals surface area contributed by atoms with Gasteiger partial charge in [-0.25, -0.2) is 0 Å². The predicted molar refractivity (Wildman–Crippen MR) is 113 cm³/mol. The number of hydrogen-bond acceptors (Lipinski definition) is 7. The van der Waals surface area contributed by atoms with Gasteiger partial charge < -0.3 is 24.3 Å². The smallest absolute Gasteiger partial charge is 0.306 e. The molecule has 0 radical (unpaired) electrons. The molecular formula is C22H22ClNO7. The molecule has 2 aromatic carbocycles. The number of amides is 1. The van der Waals surface area contributed by atoms with Gasteiger partial charge in [0.05, 0.1) is 32.4 Å². The first-order chi connectivity index (χ1) is 15.0. The number of rotatable bonds is 8.